The van der Waals surface area contributed by atoms with Crippen LogP contribution in [0.3, 0.4) is 0 Å². The van der Waals surface area contributed by atoms with Gasteiger partial charge in [0.2, 0.25) is 10.0 Å². The number of halogens is 4. The van der Waals surface area contributed by atoms with Gasteiger partial charge >= 0.3 is 6.30 Å². The summed E-state index contributed by atoms with van der Waals surface area (Å²) < 4.78 is 65.7. The predicted octanol–water partition coefficient (Wildman–Crippen LogP) is 0.395. The van der Waals surface area contributed by atoms with Gasteiger partial charge in [0.25, 0.3) is 0 Å². The van der Waals surface area contributed by atoms with Gasteiger partial charge in [0.1, 0.15) is 6.67 Å². The molecular weight excluding hydrogens is 190 g/mol. The molecule has 0 aliphatic carbocycles. The molecule has 0 atom stereocenters. The third-order valence-electron chi connectivity index (χ3n) is 0.617. The molecule has 8 heteroatoms. The fourth-order valence-electron chi connectivity index (χ4n) is 0.329. The summed E-state index contributed by atoms with van der Waals surface area (Å²) in [5, 5.41) is 0. The van der Waals surface area contributed by atoms with Gasteiger partial charge in [-0.1, -0.05) is 0 Å². The van der Waals surface area contributed by atoms with Gasteiger partial charge in [0.15, 0.2) is 0 Å². The lowest BCUT2D eigenvalue weighted by molar-refractivity contribution is -0.138. The summed E-state index contributed by atoms with van der Waals surface area (Å²) in [5.74, 6) is -1.17. The molecule has 11 heavy (non-hydrogen) atoms. The van der Waals surface area contributed by atoms with Crippen LogP contribution in [0.2, 0.25) is 0 Å². The highest BCUT2D eigenvalue weighted by Crippen LogP contribution is 2.11. The molecule has 0 aliphatic heterocycles. The second-order valence-electron chi connectivity index (χ2n) is 1.61. The Balaban J connectivity index is 4.15. The number of hydrogen-bond donors (Lipinski definition) is 1. The zero-order chi connectivity index (χ0) is 9.12. The van der Waals surface area contributed by atoms with E-state index in [0.29, 0.717) is 4.72 Å². The number of rotatable bonds is 3. The summed E-state index contributed by atoms with van der Waals surface area (Å²) in [5.41, 5.74) is 0. The van der Waals surface area contributed by atoms with Crippen molar-refractivity contribution in [2.24, 2.45) is 0 Å². The summed E-state index contributed by atoms with van der Waals surface area (Å²) in [6.45, 7) is -1.34. The summed E-state index contributed by atoms with van der Waals surface area (Å²) in [6.07, 6.45) is -5.02. The topological polar surface area (TPSA) is 46.2 Å². The number of hydrogen-bond acceptors (Lipinski definition) is 2. The van der Waals surface area contributed by atoms with Crippen LogP contribution in [-0.2, 0) is 10.0 Å². The molecular formula is C3H5F4NO2S. The Labute approximate surface area is 60.4 Å². The van der Waals surface area contributed by atoms with E-state index in [9.17, 15) is 26.0 Å². The average Bonchev–Trinajstić information content (AvgIpc) is 1.55. The minimum atomic E-state index is -5.02. The molecule has 1 N–H and O–H groups in total. The Hall–Kier alpha value is -0.370. The lowest BCUT2D eigenvalue weighted by Crippen LogP contribution is -2.38. The van der Waals surface area contributed by atoms with E-state index in [-0.39, 0.29) is 0 Å². The van der Waals surface area contributed by atoms with E-state index >= 15 is 0 Å². The SMILES string of the molecule is O=S(=O)(CCF)NC(F)(F)F. The van der Waals surface area contributed by atoms with Crippen LogP contribution >= 0.6 is 0 Å². The fourth-order valence-corrected chi connectivity index (χ4v) is 0.987. The molecule has 0 saturated carbocycles. The molecule has 0 radical (unpaired) electrons. The van der Waals surface area contributed by atoms with E-state index in [2.05, 4.69) is 0 Å². The molecule has 0 amide bonds. The summed E-state index contributed by atoms with van der Waals surface area (Å²) in [4.78, 5) is 0. The lowest BCUT2D eigenvalue weighted by Gasteiger charge is -2.06. The predicted molar refractivity (Wildman–Crippen MR) is 29.0 cm³/mol. The molecule has 0 unspecified atom stereocenters. The highest BCUT2D eigenvalue weighted by atomic mass is 32.2. The molecule has 0 saturated heterocycles. The Morgan fingerprint density at radius 3 is 2.00 bits per heavy atom. The molecule has 0 aromatic heterocycles. The number of nitrogens with one attached hydrogen (secondary N) is 1. The van der Waals surface area contributed by atoms with Crippen molar-refractivity contribution in [1.29, 1.82) is 0 Å². The normalized spacial score (nSPS) is 13.5. The second-order valence-corrected chi connectivity index (χ2v) is 3.45. The van der Waals surface area contributed by atoms with Crippen molar-refractivity contribution in [3.8, 4) is 0 Å². The van der Waals surface area contributed by atoms with Crippen molar-refractivity contribution >= 4 is 10.0 Å². The van der Waals surface area contributed by atoms with Gasteiger partial charge in [-0.05, 0) is 0 Å². The van der Waals surface area contributed by atoms with E-state index in [1.54, 1.807) is 0 Å². The Morgan fingerprint density at radius 2 is 1.73 bits per heavy atom. The minimum Gasteiger partial charge on any atom is -0.250 e. The highest BCUT2D eigenvalue weighted by molar-refractivity contribution is 7.89. The van der Waals surface area contributed by atoms with Crippen LogP contribution in [-0.4, -0.2) is 27.1 Å². The summed E-state index contributed by atoms with van der Waals surface area (Å²) in [6, 6.07) is 0. The van der Waals surface area contributed by atoms with Crippen LogP contribution in [0.4, 0.5) is 17.6 Å². The molecule has 0 aliphatic rings. The average molecular weight is 195 g/mol. The Morgan fingerprint density at radius 1 is 1.27 bits per heavy atom. The quantitative estimate of drug-likeness (QED) is 0.523. The zero-order valence-electron chi connectivity index (χ0n) is 5.15. The lowest BCUT2D eigenvalue weighted by atomic mass is 10.9. The monoisotopic (exact) mass is 195 g/mol. The van der Waals surface area contributed by atoms with Gasteiger partial charge in [-0.25, -0.2) is 12.8 Å². The maximum absolute atomic E-state index is 11.3. The standard InChI is InChI=1S/C3H5F4NO2S/c4-1-2-11(9,10)8-3(5,6)7/h8H,1-2H2. The van der Waals surface area contributed by atoms with Gasteiger partial charge in [-0.2, -0.15) is 13.2 Å². The second kappa shape index (κ2) is 3.35. The van der Waals surface area contributed by atoms with E-state index < -0.39 is 28.8 Å². The van der Waals surface area contributed by atoms with Crippen molar-refractivity contribution in [2.75, 3.05) is 12.4 Å². The first-order valence-corrected chi connectivity index (χ1v) is 4.06. The molecule has 0 fully saturated rings. The maximum Gasteiger partial charge on any atom is 0.470 e. The van der Waals surface area contributed by atoms with Crippen LogP contribution in [0.25, 0.3) is 0 Å². The van der Waals surface area contributed by atoms with E-state index in [0.717, 1.165) is 0 Å². The molecule has 0 bridgehead atoms. The van der Waals surface area contributed by atoms with Crippen LogP contribution in [0, 0.1) is 0 Å². The van der Waals surface area contributed by atoms with E-state index in [1.165, 1.54) is 0 Å². The first-order chi connectivity index (χ1) is 4.77. The molecule has 68 valence electrons. The highest BCUT2D eigenvalue weighted by Gasteiger charge is 2.33. The Bertz CT molecular complexity index is 208. The van der Waals surface area contributed by atoms with Gasteiger partial charge in [0.05, 0.1) is 5.75 Å². The van der Waals surface area contributed by atoms with Gasteiger partial charge in [-0.15, -0.1) is 4.72 Å². The minimum absolute atomic E-state index is 0.329. The van der Waals surface area contributed by atoms with Gasteiger partial charge < -0.3 is 0 Å². The smallest absolute Gasteiger partial charge is 0.250 e. The van der Waals surface area contributed by atoms with E-state index in [4.69, 9.17) is 0 Å². The first kappa shape index (κ1) is 10.6. The number of sulfonamides is 1. The zero-order valence-corrected chi connectivity index (χ0v) is 5.97. The van der Waals surface area contributed by atoms with Gasteiger partial charge in [0, 0.05) is 0 Å². The van der Waals surface area contributed by atoms with Crippen LogP contribution < -0.4 is 4.72 Å². The van der Waals surface area contributed by atoms with Crippen LogP contribution in [0.5, 0.6) is 0 Å². The molecule has 3 nitrogen and oxygen atoms in total. The van der Waals surface area contributed by atoms with Crippen molar-refractivity contribution in [3.63, 3.8) is 0 Å². The van der Waals surface area contributed by atoms with E-state index in [1.807, 2.05) is 0 Å². The first-order valence-electron chi connectivity index (χ1n) is 2.41. The van der Waals surface area contributed by atoms with Gasteiger partial charge in [-0.3, -0.25) is 0 Å². The van der Waals surface area contributed by atoms with Crippen molar-refractivity contribution < 1.29 is 26.0 Å². The van der Waals surface area contributed by atoms with Crippen molar-refractivity contribution in [3.05, 3.63) is 0 Å². The molecule has 0 heterocycles. The summed E-state index contributed by atoms with van der Waals surface area (Å²) in [7, 11) is -4.54. The molecule has 0 aromatic carbocycles. The van der Waals surface area contributed by atoms with Crippen molar-refractivity contribution in [1.82, 2.24) is 4.72 Å². The van der Waals surface area contributed by atoms with Crippen LogP contribution in [0.1, 0.15) is 0 Å². The number of alkyl halides is 4. The largest absolute Gasteiger partial charge is 0.470 e. The maximum atomic E-state index is 11.3. The molecule has 0 rings (SSSR count). The third kappa shape index (κ3) is 6.05. The van der Waals surface area contributed by atoms with Crippen LogP contribution in [0.15, 0.2) is 0 Å². The van der Waals surface area contributed by atoms with Crippen molar-refractivity contribution in [2.45, 2.75) is 6.30 Å². The molecule has 0 aromatic rings. The third-order valence-corrected chi connectivity index (χ3v) is 1.85. The molecule has 0 spiro atoms. The fraction of sp³-hybridized carbons (Fsp3) is 1.00. The Kier molecular flexibility index (Phi) is 3.24. The summed E-state index contributed by atoms with van der Waals surface area (Å²) >= 11 is 0.